The molecule has 1 saturated heterocycles. The van der Waals surface area contributed by atoms with Gasteiger partial charge in [0.15, 0.2) is 0 Å². The Morgan fingerprint density at radius 2 is 2.36 bits per heavy atom. The van der Waals surface area contributed by atoms with Gasteiger partial charge in [-0.1, -0.05) is 6.92 Å². The van der Waals surface area contributed by atoms with Crippen molar-refractivity contribution in [1.82, 2.24) is 4.90 Å². The van der Waals surface area contributed by atoms with Gasteiger partial charge in [-0.15, -0.1) is 0 Å². The van der Waals surface area contributed by atoms with E-state index in [0.29, 0.717) is 5.92 Å². The van der Waals surface area contributed by atoms with Crippen LogP contribution in [-0.4, -0.2) is 30.9 Å². The summed E-state index contributed by atoms with van der Waals surface area (Å²) in [6.07, 6.45) is 1.11. The molecule has 1 aliphatic heterocycles. The first-order valence-corrected chi connectivity index (χ1v) is 4.09. The predicted octanol–water partition coefficient (Wildman–Crippen LogP) is 0.0595. The molecule has 1 aliphatic rings. The van der Waals surface area contributed by atoms with Crippen molar-refractivity contribution in [1.29, 1.82) is 0 Å². The number of carbonyl (C=O) groups excluding carboxylic acids is 1. The lowest BCUT2D eigenvalue weighted by atomic mass is 9.93. The van der Waals surface area contributed by atoms with Gasteiger partial charge in [-0.05, 0) is 25.9 Å². The average Bonchev–Trinajstić information content (AvgIpc) is 2.34. The molecule has 1 heterocycles. The summed E-state index contributed by atoms with van der Waals surface area (Å²) in [6.45, 7) is 4.04. The molecule has 3 nitrogen and oxygen atoms in total. The number of primary amides is 1. The zero-order valence-electron chi connectivity index (χ0n) is 7.21. The first-order valence-electron chi connectivity index (χ1n) is 4.09. The minimum Gasteiger partial charge on any atom is -0.369 e. The van der Waals surface area contributed by atoms with Crippen molar-refractivity contribution in [2.24, 2.45) is 17.6 Å². The second-order valence-corrected chi connectivity index (χ2v) is 3.50. The third kappa shape index (κ3) is 1.93. The highest BCUT2D eigenvalue weighted by Crippen LogP contribution is 2.22. The van der Waals surface area contributed by atoms with Crippen LogP contribution in [0.2, 0.25) is 0 Å². The lowest BCUT2D eigenvalue weighted by molar-refractivity contribution is -0.122. The summed E-state index contributed by atoms with van der Waals surface area (Å²) in [7, 11) is 2.08. The highest BCUT2D eigenvalue weighted by atomic mass is 16.1. The van der Waals surface area contributed by atoms with Gasteiger partial charge in [0.2, 0.25) is 5.91 Å². The molecule has 2 N–H and O–H groups in total. The van der Waals surface area contributed by atoms with Gasteiger partial charge in [0.1, 0.15) is 0 Å². The Morgan fingerprint density at radius 3 is 2.73 bits per heavy atom. The highest BCUT2D eigenvalue weighted by Gasteiger charge is 2.27. The molecule has 1 rings (SSSR count). The number of nitrogens with two attached hydrogens (primary N) is 1. The van der Waals surface area contributed by atoms with Crippen LogP contribution in [0.5, 0.6) is 0 Å². The molecule has 1 fully saturated rings. The number of nitrogens with zero attached hydrogens (tertiary/aromatic N) is 1. The van der Waals surface area contributed by atoms with E-state index < -0.39 is 0 Å². The Labute approximate surface area is 67.5 Å². The molecule has 0 aliphatic carbocycles. The Bertz CT molecular complexity index is 158. The van der Waals surface area contributed by atoms with Crippen molar-refractivity contribution < 1.29 is 4.79 Å². The van der Waals surface area contributed by atoms with Crippen molar-refractivity contribution >= 4 is 5.91 Å². The van der Waals surface area contributed by atoms with Gasteiger partial charge in [0.25, 0.3) is 0 Å². The van der Waals surface area contributed by atoms with Gasteiger partial charge in [0, 0.05) is 12.5 Å². The summed E-state index contributed by atoms with van der Waals surface area (Å²) in [5.74, 6) is 0.364. The number of hydrogen-bond donors (Lipinski definition) is 1. The molecule has 3 heteroatoms. The maximum atomic E-state index is 10.8. The Balaban J connectivity index is 2.43. The minimum absolute atomic E-state index is 0.0416. The van der Waals surface area contributed by atoms with E-state index in [4.69, 9.17) is 5.73 Å². The van der Waals surface area contributed by atoms with E-state index >= 15 is 0 Å². The van der Waals surface area contributed by atoms with Crippen molar-refractivity contribution in [3.63, 3.8) is 0 Å². The van der Waals surface area contributed by atoms with Crippen LogP contribution in [0.15, 0.2) is 0 Å². The van der Waals surface area contributed by atoms with Crippen molar-refractivity contribution in [3.05, 3.63) is 0 Å². The summed E-state index contributed by atoms with van der Waals surface area (Å²) in [6, 6.07) is 0. The molecule has 0 aromatic carbocycles. The SMILES string of the molecule is CC(C(N)=O)C1CCN(C)C1. The first-order chi connectivity index (χ1) is 5.11. The Hall–Kier alpha value is -0.570. The van der Waals surface area contributed by atoms with Gasteiger partial charge >= 0.3 is 0 Å². The van der Waals surface area contributed by atoms with E-state index in [1.165, 1.54) is 0 Å². The molecule has 0 bridgehead atoms. The van der Waals surface area contributed by atoms with E-state index in [9.17, 15) is 4.79 Å². The quantitative estimate of drug-likeness (QED) is 0.614. The van der Waals surface area contributed by atoms with Crippen LogP contribution in [0.4, 0.5) is 0 Å². The molecule has 0 aromatic rings. The van der Waals surface area contributed by atoms with Crippen LogP contribution >= 0.6 is 0 Å². The third-order valence-corrected chi connectivity index (χ3v) is 2.58. The van der Waals surface area contributed by atoms with Gasteiger partial charge in [0.05, 0.1) is 0 Å². The predicted molar refractivity (Wildman–Crippen MR) is 44.0 cm³/mol. The topological polar surface area (TPSA) is 46.3 Å². The van der Waals surface area contributed by atoms with E-state index in [0.717, 1.165) is 19.5 Å². The Morgan fingerprint density at radius 1 is 1.73 bits per heavy atom. The number of amides is 1. The summed E-state index contributed by atoms with van der Waals surface area (Å²) < 4.78 is 0. The summed E-state index contributed by atoms with van der Waals surface area (Å²) in [4.78, 5) is 13.0. The number of hydrogen-bond acceptors (Lipinski definition) is 2. The van der Waals surface area contributed by atoms with Crippen LogP contribution < -0.4 is 5.73 Å². The van der Waals surface area contributed by atoms with Gasteiger partial charge in [-0.2, -0.15) is 0 Å². The number of carbonyl (C=O) groups is 1. The molecular formula is C8H16N2O. The average molecular weight is 156 g/mol. The van der Waals surface area contributed by atoms with E-state index in [1.54, 1.807) is 0 Å². The lowest BCUT2D eigenvalue weighted by Crippen LogP contribution is -2.29. The van der Waals surface area contributed by atoms with Crippen LogP contribution in [0.25, 0.3) is 0 Å². The molecule has 2 atom stereocenters. The Kier molecular flexibility index (Phi) is 2.49. The lowest BCUT2D eigenvalue weighted by Gasteiger charge is -2.14. The molecule has 0 aromatic heterocycles. The molecule has 2 unspecified atom stereocenters. The summed E-state index contributed by atoms with van der Waals surface area (Å²) in [5.41, 5.74) is 5.20. The van der Waals surface area contributed by atoms with E-state index in [-0.39, 0.29) is 11.8 Å². The van der Waals surface area contributed by atoms with E-state index in [2.05, 4.69) is 11.9 Å². The highest BCUT2D eigenvalue weighted by molar-refractivity contribution is 5.76. The molecular weight excluding hydrogens is 140 g/mol. The second kappa shape index (κ2) is 3.22. The fraction of sp³-hybridized carbons (Fsp3) is 0.875. The smallest absolute Gasteiger partial charge is 0.220 e. The van der Waals surface area contributed by atoms with Crippen LogP contribution in [0.1, 0.15) is 13.3 Å². The zero-order chi connectivity index (χ0) is 8.43. The second-order valence-electron chi connectivity index (χ2n) is 3.50. The standard InChI is InChI=1S/C8H16N2O/c1-6(8(9)11)7-3-4-10(2)5-7/h6-7H,3-5H2,1-2H3,(H2,9,11). The largest absolute Gasteiger partial charge is 0.369 e. The normalized spacial score (nSPS) is 28.7. The first kappa shape index (κ1) is 8.53. The van der Waals surface area contributed by atoms with Gasteiger partial charge < -0.3 is 10.6 Å². The van der Waals surface area contributed by atoms with Crippen LogP contribution in [-0.2, 0) is 4.79 Å². The van der Waals surface area contributed by atoms with Crippen molar-refractivity contribution in [3.8, 4) is 0 Å². The minimum atomic E-state index is -0.162. The van der Waals surface area contributed by atoms with Gasteiger partial charge in [-0.25, -0.2) is 0 Å². The number of likely N-dealkylation sites (tertiary alicyclic amines) is 1. The maximum Gasteiger partial charge on any atom is 0.220 e. The molecule has 0 radical (unpaired) electrons. The fourth-order valence-corrected chi connectivity index (χ4v) is 1.61. The molecule has 11 heavy (non-hydrogen) atoms. The maximum absolute atomic E-state index is 10.8. The fourth-order valence-electron chi connectivity index (χ4n) is 1.61. The van der Waals surface area contributed by atoms with E-state index in [1.807, 2.05) is 6.92 Å². The van der Waals surface area contributed by atoms with Crippen molar-refractivity contribution in [2.75, 3.05) is 20.1 Å². The molecule has 0 spiro atoms. The van der Waals surface area contributed by atoms with Crippen LogP contribution in [0, 0.1) is 11.8 Å². The zero-order valence-corrected chi connectivity index (χ0v) is 7.21. The summed E-state index contributed by atoms with van der Waals surface area (Å²) >= 11 is 0. The number of rotatable bonds is 2. The molecule has 0 saturated carbocycles. The summed E-state index contributed by atoms with van der Waals surface area (Å²) in [5, 5.41) is 0. The van der Waals surface area contributed by atoms with Crippen molar-refractivity contribution in [2.45, 2.75) is 13.3 Å². The monoisotopic (exact) mass is 156 g/mol. The van der Waals surface area contributed by atoms with Crippen LogP contribution in [0.3, 0.4) is 0 Å². The molecule has 1 amide bonds. The third-order valence-electron chi connectivity index (χ3n) is 2.58. The van der Waals surface area contributed by atoms with Gasteiger partial charge in [-0.3, -0.25) is 4.79 Å². The molecule has 64 valence electrons.